The maximum atomic E-state index is 2.42. The molecule has 0 radical (unpaired) electrons. The Balaban J connectivity index is 0.995. The Morgan fingerprint density at radius 3 is 1.51 bits per heavy atom. The van der Waals surface area contributed by atoms with E-state index in [0.717, 1.165) is 11.4 Å². The molecule has 2 heterocycles. The molecule has 0 saturated heterocycles. The molecule has 0 amide bonds. The molecule has 0 bridgehead atoms. The lowest BCUT2D eigenvalue weighted by Gasteiger charge is -2.26. The minimum Gasteiger partial charge on any atom is -0.309 e. The van der Waals surface area contributed by atoms with Crippen molar-refractivity contribution in [3.05, 3.63) is 218 Å². The van der Waals surface area contributed by atoms with Crippen LogP contribution in [-0.4, -0.2) is 4.57 Å². The number of rotatable bonds is 7. The van der Waals surface area contributed by atoms with E-state index in [-0.39, 0.29) is 0 Å². The van der Waals surface area contributed by atoms with E-state index in [0.29, 0.717) is 0 Å². The average molecular weight is 745 g/mol. The van der Waals surface area contributed by atoms with Gasteiger partial charge in [0.25, 0.3) is 0 Å². The lowest BCUT2D eigenvalue weighted by molar-refractivity contribution is 1.18. The molecular weight excluding hydrogens is 709 g/mol. The number of hydrogen-bond acceptors (Lipinski definition) is 2. The van der Waals surface area contributed by atoms with Crippen molar-refractivity contribution in [2.75, 3.05) is 4.90 Å². The monoisotopic (exact) mass is 744 g/mol. The predicted octanol–water partition coefficient (Wildman–Crippen LogP) is 15.6. The van der Waals surface area contributed by atoms with Crippen molar-refractivity contribution in [3.63, 3.8) is 0 Å². The number of anilines is 3. The van der Waals surface area contributed by atoms with Crippen molar-refractivity contribution in [1.82, 2.24) is 4.57 Å². The molecule has 11 rings (SSSR count). The Labute approximate surface area is 335 Å². The van der Waals surface area contributed by atoms with Gasteiger partial charge in [-0.25, -0.2) is 0 Å². The summed E-state index contributed by atoms with van der Waals surface area (Å²) in [5.41, 5.74) is 14.2. The van der Waals surface area contributed by atoms with Gasteiger partial charge in [0.05, 0.1) is 21.4 Å². The Morgan fingerprint density at radius 1 is 0.333 bits per heavy atom. The highest BCUT2D eigenvalue weighted by Crippen LogP contribution is 2.45. The lowest BCUT2D eigenvalue weighted by atomic mass is 10.00. The quantitative estimate of drug-likeness (QED) is 0.158. The second-order valence-corrected chi connectivity index (χ2v) is 15.6. The van der Waals surface area contributed by atoms with Gasteiger partial charge in [-0.3, -0.25) is 0 Å². The number of aromatic nitrogens is 1. The van der Waals surface area contributed by atoms with E-state index in [4.69, 9.17) is 0 Å². The summed E-state index contributed by atoms with van der Waals surface area (Å²) in [6, 6.07) is 79.3. The molecule has 3 heteroatoms. The van der Waals surface area contributed by atoms with Gasteiger partial charge in [-0.1, -0.05) is 152 Å². The summed E-state index contributed by atoms with van der Waals surface area (Å²) in [6.07, 6.45) is 0. The fourth-order valence-corrected chi connectivity index (χ4v) is 9.64. The first kappa shape index (κ1) is 33.2. The van der Waals surface area contributed by atoms with E-state index < -0.39 is 0 Å². The zero-order valence-electron chi connectivity index (χ0n) is 31.1. The fraction of sp³-hybridized carbons (Fsp3) is 0. The van der Waals surface area contributed by atoms with Crippen molar-refractivity contribution in [1.29, 1.82) is 0 Å². The van der Waals surface area contributed by atoms with Gasteiger partial charge in [-0.05, 0) is 100 Å². The molecule has 2 aromatic heterocycles. The number of fused-ring (bicyclic) bond motifs is 6. The Hall–Kier alpha value is -7.20. The molecule has 57 heavy (non-hydrogen) atoms. The third kappa shape index (κ3) is 5.80. The van der Waals surface area contributed by atoms with Crippen LogP contribution >= 0.6 is 11.3 Å². The van der Waals surface area contributed by atoms with E-state index in [1.165, 1.54) is 86.7 Å². The predicted molar refractivity (Wildman–Crippen MR) is 245 cm³/mol. The molecule has 268 valence electrons. The summed E-state index contributed by atoms with van der Waals surface area (Å²) >= 11 is 1.86. The SMILES string of the molecule is c1ccc(-c2ccc(-c3ccc(N(c4ccc(-c5ccc6c(c5)c5ccccc5n6-c5ccccc5)cc4)c4cccc5c4sc4ccccc45)cc3)cc2)cc1. The first-order valence-electron chi connectivity index (χ1n) is 19.4. The molecule has 0 aliphatic rings. The van der Waals surface area contributed by atoms with Crippen LogP contribution in [-0.2, 0) is 0 Å². The lowest BCUT2D eigenvalue weighted by Crippen LogP contribution is -2.10. The number of nitrogens with zero attached hydrogens (tertiary/aromatic N) is 2. The smallest absolute Gasteiger partial charge is 0.0640 e. The van der Waals surface area contributed by atoms with Crippen molar-refractivity contribution in [2.45, 2.75) is 0 Å². The molecule has 0 atom stereocenters. The highest BCUT2D eigenvalue weighted by molar-refractivity contribution is 7.26. The summed E-state index contributed by atoms with van der Waals surface area (Å²) in [4.78, 5) is 2.42. The standard InChI is InChI=1S/C54H36N2S/c1-3-12-37(13-4-1)38-22-24-39(25-23-38)40-26-31-44(32-27-40)55(52-20-11-18-48-47-17-8-10-21-53(47)57-54(48)52)45-33-28-41(29-34-45)42-30-35-51-49(36-42)46-16-7-9-19-50(46)56(51)43-14-5-2-6-15-43/h1-36H. The third-order valence-corrected chi connectivity index (χ3v) is 12.4. The maximum Gasteiger partial charge on any atom is 0.0640 e. The van der Waals surface area contributed by atoms with Crippen LogP contribution in [0.5, 0.6) is 0 Å². The summed E-state index contributed by atoms with van der Waals surface area (Å²) in [5, 5.41) is 5.10. The molecule has 0 aliphatic carbocycles. The molecule has 0 aliphatic heterocycles. The van der Waals surface area contributed by atoms with Gasteiger partial charge in [0.15, 0.2) is 0 Å². The molecule has 11 aromatic rings. The van der Waals surface area contributed by atoms with Crippen molar-refractivity contribution < 1.29 is 0 Å². The van der Waals surface area contributed by atoms with E-state index >= 15 is 0 Å². The normalized spacial score (nSPS) is 11.5. The average Bonchev–Trinajstić information content (AvgIpc) is 3.84. The Bertz CT molecular complexity index is 3200. The minimum absolute atomic E-state index is 1.12. The number of hydrogen-bond donors (Lipinski definition) is 0. The molecule has 0 N–H and O–H groups in total. The van der Waals surface area contributed by atoms with E-state index in [1.54, 1.807) is 0 Å². The minimum atomic E-state index is 1.12. The second kappa shape index (κ2) is 13.8. The van der Waals surface area contributed by atoms with E-state index in [2.05, 4.69) is 228 Å². The first-order chi connectivity index (χ1) is 28.3. The molecule has 9 aromatic carbocycles. The summed E-state index contributed by atoms with van der Waals surface area (Å²) < 4.78 is 4.95. The van der Waals surface area contributed by atoms with Crippen molar-refractivity contribution >= 4 is 70.4 Å². The number of para-hydroxylation sites is 2. The van der Waals surface area contributed by atoms with Gasteiger partial charge in [-0.15, -0.1) is 11.3 Å². The molecular formula is C54H36N2S. The van der Waals surface area contributed by atoms with Crippen LogP contribution in [0.1, 0.15) is 0 Å². The van der Waals surface area contributed by atoms with Crippen molar-refractivity contribution in [3.8, 4) is 39.1 Å². The topological polar surface area (TPSA) is 8.17 Å². The van der Waals surface area contributed by atoms with Crippen LogP contribution in [0.3, 0.4) is 0 Å². The number of thiophene rings is 1. The Kier molecular flexibility index (Phi) is 8.04. The van der Waals surface area contributed by atoms with Crippen LogP contribution < -0.4 is 4.90 Å². The first-order valence-corrected chi connectivity index (χ1v) is 20.2. The summed E-state index contributed by atoms with van der Waals surface area (Å²) in [5.74, 6) is 0. The molecule has 0 fully saturated rings. The highest BCUT2D eigenvalue weighted by Gasteiger charge is 2.19. The van der Waals surface area contributed by atoms with Gasteiger partial charge >= 0.3 is 0 Å². The third-order valence-electron chi connectivity index (χ3n) is 11.2. The molecule has 0 saturated carbocycles. The molecule has 0 spiro atoms. The maximum absolute atomic E-state index is 2.42. The van der Waals surface area contributed by atoms with E-state index in [9.17, 15) is 0 Å². The fourth-order valence-electron chi connectivity index (χ4n) is 8.43. The van der Waals surface area contributed by atoms with Gasteiger partial charge < -0.3 is 9.47 Å². The summed E-state index contributed by atoms with van der Waals surface area (Å²) in [7, 11) is 0. The molecule has 2 nitrogen and oxygen atoms in total. The van der Waals surface area contributed by atoms with Gasteiger partial charge in [0, 0.05) is 43.3 Å². The van der Waals surface area contributed by atoms with Crippen LogP contribution in [0, 0.1) is 0 Å². The molecule has 0 unspecified atom stereocenters. The van der Waals surface area contributed by atoms with Crippen LogP contribution in [0.2, 0.25) is 0 Å². The zero-order chi connectivity index (χ0) is 37.7. The van der Waals surface area contributed by atoms with Crippen molar-refractivity contribution in [2.24, 2.45) is 0 Å². The largest absolute Gasteiger partial charge is 0.309 e. The summed E-state index contributed by atoms with van der Waals surface area (Å²) in [6.45, 7) is 0. The Morgan fingerprint density at radius 2 is 0.825 bits per heavy atom. The zero-order valence-corrected chi connectivity index (χ0v) is 31.9. The van der Waals surface area contributed by atoms with Gasteiger partial charge in [0.1, 0.15) is 0 Å². The van der Waals surface area contributed by atoms with Gasteiger partial charge in [0.2, 0.25) is 0 Å². The highest BCUT2D eigenvalue weighted by atomic mass is 32.1. The van der Waals surface area contributed by atoms with Crippen LogP contribution in [0.4, 0.5) is 17.1 Å². The van der Waals surface area contributed by atoms with E-state index in [1.807, 2.05) is 11.3 Å². The van der Waals surface area contributed by atoms with Crippen LogP contribution in [0.15, 0.2) is 218 Å². The second-order valence-electron chi connectivity index (χ2n) is 14.5. The van der Waals surface area contributed by atoms with Gasteiger partial charge in [-0.2, -0.15) is 0 Å². The number of benzene rings is 9. The van der Waals surface area contributed by atoms with Crippen LogP contribution in [0.25, 0.3) is 81.0 Å².